The Morgan fingerprint density at radius 1 is 0.952 bits per heavy atom. The van der Waals surface area contributed by atoms with Crippen molar-refractivity contribution in [3.8, 4) is 0 Å². The van der Waals surface area contributed by atoms with E-state index in [1.54, 1.807) is 11.8 Å². The molecule has 1 aromatic rings. The molecule has 0 spiro atoms. The number of carboxylic acids is 1. The van der Waals surface area contributed by atoms with Crippen LogP contribution in [0, 0.1) is 0 Å². The van der Waals surface area contributed by atoms with E-state index in [1.807, 2.05) is 18.2 Å². The fourth-order valence-corrected chi connectivity index (χ4v) is 2.36. The van der Waals surface area contributed by atoms with Crippen LogP contribution in [0.3, 0.4) is 0 Å². The molecule has 0 saturated carbocycles. The normalized spacial score (nSPS) is 16.5. The quantitative estimate of drug-likeness (QED) is 0.861. The number of para-hydroxylation sites is 1. The molecule has 2 rings (SSSR count). The molecule has 5 nitrogen and oxygen atoms in total. The highest BCUT2D eigenvalue weighted by molar-refractivity contribution is 6.01. The fourth-order valence-electron chi connectivity index (χ4n) is 2.36. The van der Waals surface area contributed by atoms with Crippen LogP contribution in [0.1, 0.15) is 13.8 Å². The largest absolute Gasteiger partial charge is 0.478 e. The van der Waals surface area contributed by atoms with Crippen LogP contribution in [0.4, 0.5) is 5.69 Å². The second-order valence-electron chi connectivity index (χ2n) is 5.17. The minimum Gasteiger partial charge on any atom is -0.478 e. The summed E-state index contributed by atoms with van der Waals surface area (Å²) in [7, 11) is 0. The smallest absolute Gasteiger partial charge is 0.331 e. The summed E-state index contributed by atoms with van der Waals surface area (Å²) in [5.74, 6) is -1.22. The standard InChI is InChI=1S/C16H20N2O3/c1-12(13(2)16(20)21)15(19)18-10-8-17(9-11-18)14-6-4-3-5-7-14/h3-7H,8-11H2,1-2H3,(H,20,21). The van der Waals surface area contributed by atoms with E-state index in [-0.39, 0.29) is 11.5 Å². The van der Waals surface area contributed by atoms with Crippen LogP contribution in [0.15, 0.2) is 41.5 Å². The van der Waals surface area contributed by atoms with Crippen molar-refractivity contribution >= 4 is 17.6 Å². The zero-order valence-electron chi connectivity index (χ0n) is 12.4. The summed E-state index contributed by atoms with van der Waals surface area (Å²) in [6.45, 7) is 5.78. The average molecular weight is 288 g/mol. The van der Waals surface area contributed by atoms with Crippen molar-refractivity contribution in [1.29, 1.82) is 0 Å². The van der Waals surface area contributed by atoms with Crippen molar-refractivity contribution in [3.05, 3.63) is 41.5 Å². The number of carboxylic acid groups (broad SMARTS) is 1. The highest BCUT2D eigenvalue weighted by Gasteiger charge is 2.23. The Labute approximate surface area is 124 Å². The van der Waals surface area contributed by atoms with E-state index >= 15 is 0 Å². The first-order valence-corrected chi connectivity index (χ1v) is 7.00. The number of carbonyl (C=O) groups excluding carboxylic acids is 1. The summed E-state index contributed by atoms with van der Waals surface area (Å²) in [6, 6.07) is 10.1. The maximum Gasteiger partial charge on any atom is 0.331 e. The second-order valence-corrected chi connectivity index (χ2v) is 5.17. The Morgan fingerprint density at radius 2 is 1.52 bits per heavy atom. The third-order valence-electron chi connectivity index (χ3n) is 3.89. The van der Waals surface area contributed by atoms with Crippen molar-refractivity contribution < 1.29 is 14.7 Å². The van der Waals surface area contributed by atoms with Gasteiger partial charge in [-0.25, -0.2) is 4.79 Å². The number of carbonyl (C=O) groups is 2. The number of benzene rings is 1. The van der Waals surface area contributed by atoms with Crippen molar-refractivity contribution in [2.45, 2.75) is 13.8 Å². The van der Waals surface area contributed by atoms with E-state index in [0.29, 0.717) is 18.7 Å². The SMILES string of the molecule is CC(C(=O)O)=C(C)C(=O)N1CCN(c2ccccc2)CC1. The number of nitrogens with zero attached hydrogens (tertiary/aromatic N) is 2. The molecular weight excluding hydrogens is 268 g/mol. The van der Waals surface area contributed by atoms with Crippen LogP contribution in [-0.2, 0) is 9.59 Å². The van der Waals surface area contributed by atoms with Crippen LogP contribution < -0.4 is 4.90 Å². The summed E-state index contributed by atoms with van der Waals surface area (Å²) in [6.07, 6.45) is 0. The lowest BCUT2D eigenvalue weighted by Crippen LogP contribution is -2.49. The van der Waals surface area contributed by atoms with Gasteiger partial charge in [-0.2, -0.15) is 0 Å². The van der Waals surface area contributed by atoms with Crippen molar-refractivity contribution in [3.63, 3.8) is 0 Å². The number of rotatable bonds is 3. The maximum absolute atomic E-state index is 12.3. The van der Waals surface area contributed by atoms with Gasteiger partial charge in [-0.3, -0.25) is 4.79 Å². The maximum atomic E-state index is 12.3. The summed E-state index contributed by atoms with van der Waals surface area (Å²) in [5.41, 5.74) is 1.58. The third kappa shape index (κ3) is 3.42. The van der Waals surface area contributed by atoms with E-state index in [4.69, 9.17) is 5.11 Å². The van der Waals surface area contributed by atoms with Gasteiger partial charge < -0.3 is 14.9 Å². The molecule has 0 radical (unpaired) electrons. The van der Waals surface area contributed by atoms with Crippen LogP contribution in [0.25, 0.3) is 0 Å². The molecule has 1 amide bonds. The van der Waals surface area contributed by atoms with E-state index in [1.165, 1.54) is 6.92 Å². The topological polar surface area (TPSA) is 60.9 Å². The molecule has 0 aromatic heterocycles. The predicted octanol–water partition coefficient (Wildman–Crippen LogP) is 1.76. The first-order valence-electron chi connectivity index (χ1n) is 7.00. The van der Waals surface area contributed by atoms with Gasteiger partial charge in [0, 0.05) is 43.0 Å². The minimum atomic E-state index is -1.04. The number of anilines is 1. The summed E-state index contributed by atoms with van der Waals surface area (Å²) < 4.78 is 0. The predicted molar refractivity (Wildman–Crippen MR) is 81.2 cm³/mol. The molecule has 0 unspecified atom stereocenters. The lowest BCUT2D eigenvalue weighted by Gasteiger charge is -2.36. The molecule has 1 aliphatic heterocycles. The monoisotopic (exact) mass is 288 g/mol. The van der Waals surface area contributed by atoms with E-state index in [9.17, 15) is 9.59 Å². The molecule has 5 heteroatoms. The molecule has 1 N–H and O–H groups in total. The van der Waals surface area contributed by atoms with Crippen molar-refractivity contribution in [2.24, 2.45) is 0 Å². The van der Waals surface area contributed by atoms with Gasteiger partial charge in [-0.05, 0) is 26.0 Å². The van der Waals surface area contributed by atoms with Gasteiger partial charge in [0.15, 0.2) is 0 Å². The van der Waals surface area contributed by atoms with Crippen molar-refractivity contribution in [2.75, 3.05) is 31.1 Å². The Kier molecular flexibility index (Phi) is 4.62. The molecule has 1 heterocycles. The number of amides is 1. The molecule has 0 aliphatic carbocycles. The molecule has 1 fully saturated rings. The van der Waals surface area contributed by atoms with Crippen LogP contribution >= 0.6 is 0 Å². The van der Waals surface area contributed by atoms with Gasteiger partial charge >= 0.3 is 5.97 Å². The molecule has 0 bridgehead atoms. The first kappa shape index (κ1) is 15.1. The molecule has 1 aromatic carbocycles. The number of piperazine rings is 1. The summed E-state index contributed by atoms with van der Waals surface area (Å²) >= 11 is 0. The van der Waals surface area contributed by atoms with Gasteiger partial charge in [-0.1, -0.05) is 18.2 Å². The highest BCUT2D eigenvalue weighted by atomic mass is 16.4. The van der Waals surface area contributed by atoms with Gasteiger partial charge in [0.05, 0.1) is 0 Å². The van der Waals surface area contributed by atoms with Gasteiger partial charge in [0.2, 0.25) is 5.91 Å². The second kappa shape index (κ2) is 6.43. The first-order chi connectivity index (χ1) is 10.0. The van der Waals surface area contributed by atoms with E-state index < -0.39 is 5.97 Å². The summed E-state index contributed by atoms with van der Waals surface area (Å²) in [5, 5.41) is 8.95. The lowest BCUT2D eigenvalue weighted by molar-refractivity contribution is -0.134. The average Bonchev–Trinajstić information content (AvgIpc) is 2.53. The van der Waals surface area contributed by atoms with Gasteiger partial charge in [0.25, 0.3) is 0 Å². The van der Waals surface area contributed by atoms with Crippen LogP contribution in [0.2, 0.25) is 0 Å². The van der Waals surface area contributed by atoms with E-state index in [0.717, 1.165) is 18.8 Å². The Bertz CT molecular complexity index is 558. The fraction of sp³-hybridized carbons (Fsp3) is 0.375. The van der Waals surface area contributed by atoms with Crippen LogP contribution in [0.5, 0.6) is 0 Å². The Balaban J connectivity index is 2.00. The van der Waals surface area contributed by atoms with Crippen molar-refractivity contribution in [1.82, 2.24) is 4.90 Å². The molecule has 1 saturated heterocycles. The zero-order valence-corrected chi connectivity index (χ0v) is 12.4. The van der Waals surface area contributed by atoms with E-state index in [2.05, 4.69) is 17.0 Å². The molecule has 1 aliphatic rings. The molecule has 112 valence electrons. The number of hydrogen-bond donors (Lipinski definition) is 1. The zero-order chi connectivity index (χ0) is 15.4. The van der Waals surface area contributed by atoms with Crippen LogP contribution in [-0.4, -0.2) is 48.1 Å². The molecule has 0 atom stereocenters. The minimum absolute atomic E-state index is 0.116. The summed E-state index contributed by atoms with van der Waals surface area (Å²) in [4.78, 5) is 27.2. The number of aliphatic carboxylic acids is 1. The molecular formula is C16H20N2O3. The lowest BCUT2D eigenvalue weighted by atomic mass is 10.1. The number of hydrogen-bond acceptors (Lipinski definition) is 3. The van der Waals surface area contributed by atoms with Gasteiger partial charge in [0.1, 0.15) is 0 Å². The Hall–Kier alpha value is -2.30. The molecule has 21 heavy (non-hydrogen) atoms. The van der Waals surface area contributed by atoms with Gasteiger partial charge in [-0.15, -0.1) is 0 Å². The third-order valence-corrected chi connectivity index (χ3v) is 3.89. The highest BCUT2D eigenvalue weighted by Crippen LogP contribution is 2.17. The Morgan fingerprint density at radius 3 is 2.05 bits per heavy atom.